The van der Waals surface area contributed by atoms with Crippen molar-refractivity contribution in [2.45, 2.75) is 47.0 Å². The number of hydrogen-bond acceptors (Lipinski definition) is 4. The van der Waals surface area contributed by atoms with Crippen LogP contribution < -0.4 is 4.90 Å². The predicted octanol–water partition coefficient (Wildman–Crippen LogP) is 2.23. The molecule has 2 unspecified atom stereocenters. The summed E-state index contributed by atoms with van der Waals surface area (Å²) in [6.45, 7) is 12.1. The summed E-state index contributed by atoms with van der Waals surface area (Å²) in [5, 5.41) is 8.40. The van der Waals surface area contributed by atoms with Crippen LogP contribution in [-0.4, -0.2) is 51.8 Å². The molecule has 1 amide bonds. The number of aryl methyl sites for hydroxylation is 1. The Bertz CT molecular complexity index is 601. The van der Waals surface area contributed by atoms with E-state index in [1.165, 1.54) is 6.42 Å². The lowest BCUT2D eigenvalue weighted by Gasteiger charge is -2.42. The van der Waals surface area contributed by atoms with Crippen LogP contribution in [0.4, 0.5) is 5.95 Å². The number of amides is 1. The molecule has 3 rings (SSSR count). The molecule has 2 aliphatic rings. The first kappa shape index (κ1) is 17.2. The third-order valence-electron chi connectivity index (χ3n) is 5.68. The van der Waals surface area contributed by atoms with Crippen LogP contribution in [0.3, 0.4) is 0 Å². The predicted molar refractivity (Wildman–Crippen MR) is 94.8 cm³/mol. The number of aromatic nitrogens is 3. The second-order valence-corrected chi connectivity index (χ2v) is 8.53. The Morgan fingerprint density at radius 1 is 1.12 bits per heavy atom. The summed E-state index contributed by atoms with van der Waals surface area (Å²) in [5.74, 6) is 3.04. The molecule has 24 heavy (non-hydrogen) atoms. The van der Waals surface area contributed by atoms with Crippen molar-refractivity contribution in [3.8, 4) is 0 Å². The van der Waals surface area contributed by atoms with Crippen LogP contribution in [0, 0.1) is 24.2 Å². The van der Waals surface area contributed by atoms with Gasteiger partial charge >= 0.3 is 0 Å². The molecule has 0 bridgehead atoms. The number of carbonyl (C=O) groups excluding carboxylic acids is 1. The minimum Gasteiger partial charge on any atom is -0.339 e. The largest absolute Gasteiger partial charge is 0.339 e. The molecule has 2 heterocycles. The average Bonchev–Trinajstić information content (AvgIpc) is 2.84. The van der Waals surface area contributed by atoms with Gasteiger partial charge in [0.1, 0.15) is 5.82 Å². The number of hydrogen-bond donors (Lipinski definition) is 0. The van der Waals surface area contributed by atoms with Gasteiger partial charge in [0.25, 0.3) is 0 Å². The molecule has 0 N–H and O–H groups in total. The number of anilines is 1. The molecule has 1 aromatic rings. The zero-order chi connectivity index (χ0) is 17.5. The number of piperazine rings is 1. The third-order valence-corrected chi connectivity index (χ3v) is 5.68. The first-order valence-corrected chi connectivity index (χ1v) is 9.16. The fourth-order valence-corrected chi connectivity index (χ4v) is 4.59. The van der Waals surface area contributed by atoms with Gasteiger partial charge in [-0.25, -0.2) is 0 Å². The van der Waals surface area contributed by atoms with E-state index in [0.717, 1.165) is 50.8 Å². The van der Waals surface area contributed by atoms with E-state index < -0.39 is 0 Å². The van der Waals surface area contributed by atoms with Crippen molar-refractivity contribution < 1.29 is 4.79 Å². The number of rotatable bonds is 2. The maximum absolute atomic E-state index is 13.0. The fourth-order valence-electron chi connectivity index (χ4n) is 4.59. The summed E-state index contributed by atoms with van der Waals surface area (Å²) in [7, 11) is 1.99. The van der Waals surface area contributed by atoms with E-state index in [0.29, 0.717) is 11.8 Å². The highest BCUT2D eigenvalue weighted by atomic mass is 16.2. The van der Waals surface area contributed by atoms with E-state index in [2.05, 4.69) is 40.8 Å². The van der Waals surface area contributed by atoms with Gasteiger partial charge in [-0.3, -0.25) is 4.79 Å². The van der Waals surface area contributed by atoms with E-state index >= 15 is 0 Å². The quantitative estimate of drug-likeness (QED) is 0.833. The van der Waals surface area contributed by atoms with E-state index in [1.807, 2.05) is 18.5 Å². The molecule has 1 saturated carbocycles. The lowest BCUT2D eigenvalue weighted by molar-refractivity contribution is -0.139. The van der Waals surface area contributed by atoms with Crippen LogP contribution >= 0.6 is 0 Å². The van der Waals surface area contributed by atoms with Gasteiger partial charge in [-0.05, 0) is 37.5 Å². The molecule has 0 spiro atoms. The second-order valence-electron chi connectivity index (χ2n) is 8.53. The van der Waals surface area contributed by atoms with Gasteiger partial charge in [0, 0.05) is 39.1 Å². The summed E-state index contributed by atoms with van der Waals surface area (Å²) in [4.78, 5) is 17.3. The molecule has 2 atom stereocenters. The number of nitrogens with zero attached hydrogens (tertiary/aromatic N) is 5. The summed E-state index contributed by atoms with van der Waals surface area (Å²) in [6.07, 6.45) is 3.31. The van der Waals surface area contributed by atoms with Crippen LogP contribution in [0.5, 0.6) is 0 Å². The van der Waals surface area contributed by atoms with E-state index in [-0.39, 0.29) is 11.3 Å². The second kappa shape index (κ2) is 6.37. The maximum Gasteiger partial charge on any atom is 0.227 e. The van der Waals surface area contributed by atoms with Crippen molar-refractivity contribution in [3.63, 3.8) is 0 Å². The normalized spacial score (nSPS) is 27.4. The molecule has 1 saturated heterocycles. The minimum absolute atomic E-state index is 0.201. The van der Waals surface area contributed by atoms with Gasteiger partial charge < -0.3 is 14.4 Å². The maximum atomic E-state index is 13.0. The van der Waals surface area contributed by atoms with Crippen LogP contribution in [0.1, 0.15) is 45.9 Å². The van der Waals surface area contributed by atoms with Crippen molar-refractivity contribution in [1.29, 1.82) is 0 Å². The Morgan fingerprint density at radius 3 is 2.33 bits per heavy atom. The van der Waals surface area contributed by atoms with Gasteiger partial charge in [0.15, 0.2) is 0 Å². The van der Waals surface area contributed by atoms with Crippen LogP contribution in [0.2, 0.25) is 0 Å². The summed E-state index contributed by atoms with van der Waals surface area (Å²) in [6, 6.07) is 0. The molecule has 0 aromatic carbocycles. The van der Waals surface area contributed by atoms with Crippen LogP contribution in [-0.2, 0) is 11.8 Å². The Labute approximate surface area is 145 Å². The molecule has 1 aliphatic heterocycles. The number of carbonyl (C=O) groups is 1. The van der Waals surface area contributed by atoms with Crippen molar-refractivity contribution in [3.05, 3.63) is 5.82 Å². The Balaban J connectivity index is 1.60. The van der Waals surface area contributed by atoms with E-state index in [4.69, 9.17) is 0 Å². The average molecular weight is 333 g/mol. The highest BCUT2D eigenvalue weighted by molar-refractivity contribution is 5.79. The van der Waals surface area contributed by atoms with Gasteiger partial charge in [0.2, 0.25) is 11.9 Å². The van der Waals surface area contributed by atoms with Gasteiger partial charge in [-0.15, -0.1) is 10.2 Å². The molecule has 1 aromatic heterocycles. The molecule has 6 nitrogen and oxygen atoms in total. The SMILES string of the molecule is Cc1nnc(N2CCN(C(=O)C3CC(C)CC(C)(C)C3)CC2)n1C. The Kier molecular flexibility index (Phi) is 4.58. The summed E-state index contributed by atoms with van der Waals surface area (Å²) in [5.41, 5.74) is 0.288. The van der Waals surface area contributed by atoms with Crippen molar-refractivity contribution >= 4 is 11.9 Å². The molecule has 0 radical (unpaired) electrons. The zero-order valence-electron chi connectivity index (χ0n) is 15.7. The van der Waals surface area contributed by atoms with E-state index in [1.54, 1.807) is 0 Å². The van der Waals surface area contributed by atoms with Crippen LogP contribution in [0.25, 0.3) is 0 Å². The monoisotopic (exact) mass is 333 g/mol. The fraction of sp³-hybridized carbons (Fsp3) is 0.833. The summed E-state index contributed by atoms with van der Waals surface area (Å²) >= 11 is 0. The van der Waals surface area contributed by atoms with Crippen molar-refractivity contribution in [1.82, 2.24) is 19.7 Å². The van der Waals surface area contributed by atoms with Gasteiger partial charge in [0.05, 0.1) is 0 Å². The molecule has 2 fully saturated rings. The van der Waals surface area contributed by atoms with Crippen LogP contribution in [0.15, 0.2) is 0 Å². The topological polar surface area (TPSA) is 54.3 Å². The smallest absolute Gasteiger partial charge is 0.227 e. The first-order chi connectivity index (χ1) is 11.3. The molecular formula is C18H31N5O. The summed E-state index contributed by atoms with van der Waals surface area (Å²) < 4.78 is 2.02. The molecule has 134 valence electrons. The van der Waals surface area contributed by atoms with E-state index in [9.17, 15) is 4.79 Å². The zero-order valence-corrected chi connectivity index (χ0v) is 15.7. The molecule has 1 aliphatic carbocycles. The highest BCUT2D eigenvalue weighted by Gasteiger charge is 2.38. The van der Waals surface area contributed by atoms with Gasteiger partial charge in [-0.1, -0.05) is 20.8 Å². The Hall–Kier alpha value is -1.59. The lowest BCUT2D eigenvalue weighted by atomic mass is 9.67. The Morgan fingerprint density at radius 2 is 1.79 bits per heavy atom. The minimum atomic E-state index is 0.201. The standard InChI is InChI=1S/C18H31N5O/c1-13-10-15(12-18(3,4)11-13)16(24)22-6-8-23(9-7-22)17-20-19-14(2)21(17)5/h13,15H,6-12H2,1-5H3. The van der Waals surface area contributed by atoms with Gasteiger partial charge in [-0.2, -0.15) is 0 Å². The lowest BCUT2D eigenvalue weighted by Crippen LogP contribution is -2.52. The third kappa shape index (κ3) is 3.42. The molecular weight excluding hydrogens is 302 g/mol. The first-order valence-electron chi connectivity index (χ1n) is 9.16. The molecule has 6 heteroatoms. The highest BCUT2D eigenvalue weighted by Crippen LogP contribution is 2.42. The van der Waals surface area contributed by atoms with Crippen molar-refractivity contribution in [2.24, 2.45) is 24.3 Å². The van der Waals surface area contributed by atoms with Crippen molar-refractivity contribution in [2.75, 3.05) is 31.1 Å².